The molecule has 0 fully saturated rings. The van der Waals surface area contributed by atoms with Crippen LogP contribution in [-0.2, 0) is 20.8 Å². The highest BCUT2D eigenvalue weighted by atomic mass is 35.5. The second kappa shape index (κ2) is 9.85. The molecule has 3 rings (SSSR count). The summed E-state index contributed by atoms with van der Waals surface area (Å²) in [6, 6.07) is 9.50. The van der Waals surface area contributed by atoms with Gasteiger partial charge in [0.05, 0.1) is 5.02 Å². The summed E-state index contributed by atoms with van der Waals surface area (Å²) in [6.07, 6.45) is 2.14. The lowest BCUT2D eigenvalue weighted by molar-refractivity contribution is -0.137. The summed E-state index contributed by atoms with van der Waals surface area (Å²) in [7, 11) is 0. The van der Waals surface area contributed by atoms with Gasteiger partial charge in [0.2, 0.25) is 11.8 Å². The van der Waals surface area contributed by atoms with E-state index in [-0.39, 0.29) is 12.3 Å². The number of hydrogen-bond acceptors (Lipinski definition) is 4. The van der Waals surface area contributed by atoms with Crippen LogP contribution in [0.2, 0.25) is 10.0 Å². The van der Waals surface area contributed by atoms with Gasteiger partial charge in [-0.3, -0.25) is 9.59 Å². The third kappa shape index (κ3) is 5.99. The Morgan fingerprint density at radius 1 is 1.19 bits per heavy atom. The van der Waals surface area contributed by atoms with Gasteiger partial charge >= 0.3 is 5.97 Å². The van der Waals surface area contributed by atoms with Crippen molar-refractivity contribution in [2.45, 2.75) is 25.8 Å². The molecular formula is C22H21Cl2N3O4. The van der Waals surface area contributed by atoms with Crippen molar-refractivity contribution in [3.8, 4) is 0 Å². The van der Waals surface area contributed by atoms with Crippen LogP contribution in [0.15, 0.2) is 42.5 Å². The van der Waals surface area contributed by atoms with Crippen molar-refractivity contribution in [3.05, 3.63) is 63.6 Å². The molecular weight excluding hydrogens is 441 g/mol. The minimum atomic E-state index is -1.04. The van der Waals surface area contributed by atoms with Crippen LogP contribution in [0.3, 0.4) is 0 Å². The van der Waals surface area contributed by atoms with Crippen molar-refractivity contribution in [1.82, 2.24) is 5.32 Å². The first-order valence-electron chi connectivity index (χ1n) is 9.56. The summed E-state index contributed by atoms with van der Waals surface area (Å²) in [5.74, 6) is -1.52. The fourth-order valence-electron chi connectivity index (χ4n) is 3.33. The van der Waals surface area contributed by atoms with Crippen LogP contribution < -0.4 is 16.0 Å². The van der Waals surface area contributed by atoms with Crippen molar-refractivity contribution in [2.75, 3.05) is 17.2 Å². The summed E-state index contributed by atoms with van der Waals surface area (Å²) in [6.45, 7) is 2.00. The molecule has 0 saturated heterocycles. The molecule has 2 amide bonds. The lowest BCUT2D eigenvalue weighted by Crippen LogP contribution is -2.33. The zero-order valence-corrected chi connectivity index (χ0v) is 18.2. The SMILES string of the molecule is CC(=O)NCCc1ccc(NC(=O)/C=C2\CC(C(=O)O)Nc3cc(Cl)cc(Cl)c32)cc1. The Morgan fingerprint density at radius 2 is 1.90 bits per heavy atom. The van der Waals surface area contributed by atoms with Gasteiger partial charge in [-0.15, -0.1) is 0 Å². The first-order chi connectivity index (χ1) is 14.7. The van der Waals surface area contributed by atoms with E-state index in [1.165, 1.54) is 13.0 Å². The highest BCUT2D eigenvalue weighted by molar-refractivity contribution is 6.36. The fraction of sp³-hybridized carbons (Fsp3) is 0.227. The largest absolute Gasteiger partial charge is 0.480 e. The predicted octanol–water partition coefficient (Wildman–Crippen LogP) is 3.96. The van der Waals surface area contributed by atoms with Crippen LogP contribution in [0, 0.1) is 0 Å². The van der Waals surface area contributed by atoms with Crippen molar-refractivity contribution in [2.24, 2.45) is 0 Å². The molecule has 0 aliphatic carbocycles. The van der Waals surface area contributed by atoms with E-state index in [9.17, 15) is 19.5 Å². The number of hydrogen-bond donors (Lipinski definition) is 4. The van der Waals surface area contributed by atoms with E-state index in [4.69, 9.17) is 23.2 Å². The fourth-order valence-corrected chi connectivity index (χ4v) is 3.94. The van der Waals surface area contributed by atoms with Gasteiger partial charge in [-0.25, -0.2) is 4.79 Å². The van der Waals surface area contributed by atoms with Gasteiger partial charge in [-0.1, -0.05) is 35.3 Å². The minimum Gasteiger partial charge on any atom is -0.480 e. The van der Waals surface area contributed by atoms with E-state index in [1.54, 1.807) is 24.3 Å². The number of aliphatic carboxylic acids is 1. The van der Waals surface area contributed by atoms with Gasteiger partial charge in [-0.2, -0.15) is 0 Å². The second-order valence-corrected chi connectivity index (χ2v) is 7.98. The zero-order chi connectivity index (χ0) is 22.5. The summed E-state index contributed by atoms with van der Waals surface area (Å²) < 4.78 is 0. The van der Waals surface area contributed by atoms with Gasteiger partial charge in [0.25, 0.3) is 0 Å². The van der Waals surface area contributed by atoms with Crippen LogP contribution in [0.4, 0.5) is 11.4 Å². The van der Waals surface area contributed by atoms with E-state index < -0.39 is 17.9 Å². The third-order valence-electron chi connectivity index (χ3n) is 4.74. The molecule has 162 valence electrons. The average Bonchev–Trinajstić information content (AvgIpc) is 2.68. The summed E-state index contributed by atoms with van der Waals surface area (Å²) in [4.78, 5) is 35.1. The number of nitrogens with one attached hydrogen (secondary N) is 3. The van der Waals surface area contributed by atoms with Crippen molar-refractivity contribution in [3.63, 3.8) is 0 Å². The maximum absolute atomic E-state index is 12.6. The monoisotopic (exact) mass is 461 g/mol. The Morgan fingerprint density at radius 3 is 2.55 bits per heavy atom. The van der Waals surface area contributed by atoms with E-state index in [1.807, 2.05) is 12.1 Å². The second-order valence-electron chi connectivity index (χ2n) is 7.14. The highest BCUT2D eigenvalue weighted by Crippen LogP contribution is 2.40. The van der Waals surface area contributed by atoms with Crippen LogP contribution >= 0.6 is 23.2 Å². The van der Waals surface area contributed by atoms with Crippen molar-refractivity contribution < 1.29 is 19.5 Å². The lowest BCUT2D eigenvalue weighted by Gasteiger charge is -2.27. The van der Waals surface area contributed by atoms with E-state index in [2.05, 4.69) is 16.0 Å². The Bertz CT molecular complexity index is 1050. The molecule has 2 aromatic carbocycles. The molecule has 2 aromatic rings. The zero-order valence-electron chi connectivity index (χ0n) is 16.7. The number of carboxylic acid groups (broad SMARTS) is 1. The average molecular weight is 462 g/mol. The quantitative estimate of drug-likeness (QED) is 0.486. The number of benzene rings is 2. The molecule has 0 spiro atoms. The lowest BCUT2D eigenvalue weighted by atomic mass is 9.92. The maximum Gasteiger partial charge on any atom is 0.326 e. The van der Waals surface area contributed by atoms with Crippen LogP contribution in [0.25, 0.3) is 5.57 Å². The topological polar surface area (TPSA) is 108 Å². The van der Waals surface area contributed by atoms with Gasteiger partial charge < -0.3 is 21.1 Å². The smallest absolute Gasteiger partial charge is 0.326 e. The number of fused-ring (bicyclic) bond motifs is 1. The number of amides is 2. The summed E-state index contributed by atoms with van der Waals surface area (Å²) in [5.41, 5.74) is 3.15. The number of carbonyl (C=O) groups excluding carboxylic acids is 2. The third-order valence-corrected chi connectivity index (χ3v) is 5.26. The van der Waals surface area contributed by atoms with Crippen LogP contribution in [-0.4, -0.2) is 35.5 Å². The molecule has 0 bridgehead atoms. The summed E-state index contributed by atoms with van der Waals surface area (Å²) >= 11 is 12.4. The molecule has 0 radical (unpaired) electrons. The Labute approximate surface area is 189 Å². The predicted molar refractivity (Wildman–Crippen MR) is 122 cm³/mol. The molecule has 1 aliphatic rings. The molecule has 1 unspecified atom stereocenters. The molecule has 0 saturated carbocycles. The number of carboxylic acids is 1. The molecule has 9 heteroatoms. The van der Waals surface area contributed by atoms with E-state index >= 15 is 0 Å². The molecule has 4 N–H and O–H groups in total. The number of carbonyl (C=O) groups is 3. The summed E-state index contributed by atoms with van der Waals surface area (Å²) in [5, 5.41) is 18.5. The Balaban J connectivity index is 1.76. The van der Waals surface area contributed by atoms with Crippen LogP contribution in [0.1, 0.15) is 24.5 Å². The van der Waals surface area contributed by atoms with Crippen molar-refractivity contribution in [1.29, 1.82) is 0 Å². The molecule has 0 aromatic heterocycles. The Hall–Kier alpha value is -3.03. The van der Waals surface area contributed by atoms with Gasteiger partial charge in [-0.05, 0) is 41.8 Å². The molecule has 1 heterocycles. The minimum absolute atomic E-state index is 0.0797. The normalized spacial score (nSPS) is 16.2. The molecule has 31 heavy (non-hydrogen) atoms. The van der Waals surface area contributed by atoms with Gasteiger partial charge in [0.15, 0.2) is 0 Å². The van der Waals surface area contributed by atoms with E-state index in [0.29, 0.717) is 45.5 Å². The molecule has 7 nitrogen and oxygen atoms in total. The number of rotatable bonds is 6. The first kappa shape index (κ1) is 22.7. The van der Waals surface area contributed by atoms with Gasteiger partial charge in [0.1, 0.15) is 6.04 Å². The van der Waals surface area contributed by atoms with Crippen molar-refractivity contribution >= 4 is 57.9 Å². The maximum atomic E-state index is 12.6. The van der Waals surface area contributed by atoms with E-state index in [0.717, 1.165) is 5.56 Å². The first-order valence-corrected chi connectivity index (χ1v) is 10.3. The number of anilines is 2. The highest BCUT2D eigenvalue weighted by Gasteiger charge is 2.29. The standard InChI is InChI=1S/C22H21Cl2N3O4/c1-12(28)25-7-6-13-2-4-16(5-3-13)26-20(29)9-14-8-19(22(30)31)27-18-11-15(23)10-17(24)21(14)18/h2-5,9-11,19,27H,6-8H2,1H3,(H,25,28)(H,26,29)(H,30,31)/b14-9+. The molecule has 1 atom stereocenters. The van der Waals surface area contributed by atoms with Gasteiger partial charge in [0, 0.05) is 47.9 Å². The Kier molecular flexibility index (Phi) is 7.20. The molecule has 1 aliphatic heterocycles. The number of halogens is 2. The van der Waals surface area contributed by atoms with Crippen LogP contribution in [0.5, 0.6) is 0 Å².